The number of carbonyl (C=O) groups is 1. The Morgan fingerprint density at radius 3 is 2.50 bits per heavy atom. The summed E-state index contributed by atoms with van der Waals surface area (Å²) < 4.78 is 16.7. The molecule has 2 heterocycles. The minimum absolute atomic E-state index is 0.0474. The summed E-state index contributed by atoms with van der Waals surface area (Å²) in [7, 11) is 0. The van der Waals surface area contributed by atoms with Gasteiger partial charge >= 0.3 is 0 Å². The number of hydrogen-bond donors (Lipinski definition) is 5. The van der Waals surface area contributed by atoms with Crippen LogP contribution in [-0.4, -0.2) is 92.5 Å². The standard InChI is InChI=1S/C19H30O9/c1-10(27-16-15(24)14(23)13(22)12(8-20)28-16)4-5-19(25)17(2)6-11(21)7-18(19,3)26-9-17/h4-5,10,12-16,20,22-25H,6-9H2,1-3H3/b5-4+/t10-,12+,13+,14-,15+,16+,17+,18+,19-/m0/s1. The predicted octanol–water partition coefficient (Wildman–Crippen LogP) is -1.36. The molecule has 3 rings (SSSR count). The lowest BCUT2D eigenvalue weighted by molar-refractivity contribution is -0.306. The zero-order valence-electron chi connectivity index (χ0n) is 16.3. The number of fused-ring (bicyclic) bond motifs is 2. The number of hydrogen-bond acceptors (Lipinski definition) is 9. The van der Waals surface area contributed by atoms with Crippen LogP contribution >= 0.6 is 0 Å². The van der Waals surface area contributed by atoms with Gasteiger partial charge in [-0.1, -0.05) is 19.1 Å². The predicted molar refractivity (Wildman–Crippen MR) is 95.1 cm³/mol. The number of Topliss-reactive ketones (excluding diaryl/α,β-unsaturated/α-hetero) is 1. The van der Waals surface area contributed by atoms with Gasteiger partial charge in [-0.3, -0.25) is 4.79 Å². The maximum atomic E-state index is 12.0. The van der Waals surface area contributed by atoms with Crippen LogP contribution in [0.2, 0.25) is 0 Å². The first-order valence-corrected chi connectivity index (χ1v) is 9.50. The molecular formula is C19H30O9. The van der Waals surface area contributed by atoms with E-state index in [0.29, 0.717) is 0 Å². The summed E-state index contributed by atoms with van der Waals surface area (Å²) in [6.07, 6.45) is -3.97. The molecule has 0 aromatic carbocycles. The fraction of sp³-hybridized carbons (Fsp3) is 0.842. The normalized spacial score (nSPS) is 50.3. The molecule has 160 valence electrons. The molecule has 2 aliphatic heterocycles. The van der Waals surface area contributed by atoms with Crippen LogP contribution in [0.15, 0.2) is 12.2 Å². The van der Waals surface area contributed by atoms with E-state index in [-0.39, 0.29) is 25.2 Å². The fourth-order valence-electron chi connectivity index (χ4n) is 4.51. The van der Waals surface area contributed by atoms with E-state index in [1.165, 1.54) is 0 Å². The van der Waals surface area contributed by atoms with Crippen LogP contribution in [0.3, 0.4) is 0 Å². The molecule has 1 aliphatic carbocycles. The number of ketones is 1. The Bertz CT molecular complexity index is 613. The molecule has 0 radical (unpaired) electrons. The van der Waals surface area contributed by atoms with Crippen molar-refractivity contribution in [3.8, 4) is 0 Å². The third-order valence-electron chi connectivity index (χ3n) is 6.36. The third-order valence-corrected chi connectivity index (χ3v) is 6.36. The van der Waals surface area contributed by atoms with Crippen molar-refractivity contribution in [3.05, 3.63) is 12.2 Å². The second-order valence-electron chi connectivity index (χ2n) is 8.64. The molecule has 3 fully saturated rings. The molecule has 0 amide bonds. The Labute approximate surface area is 163 Å². The van der Waals surface area contributed by atoms with Crippen LogP contribution in [0.1, 0.15) is 33.6 Å². The van der Waals surface area contributed by atoms with Crippen LogP contribution < -0.4 is 0 Å². The fourth-order valence-corrected chi connectivity index (χ4v) is 4.51. The van der Waals surface area contributed by atoms with Gasteiger partial charge in [-0.2, -0.15) is 0 Å². The summed E-state index contributed by atoms with van der Waals surface area (Å²) in [4.78, 5) is 12.0. The number of carbonyl (C=O) groups excluding carboxylic acids is 1. The smallest absolute Gasteiger partial charge is 0.187 e. The van der Waals surface area contributed by atoms with E-state index in [1.54, 1.807) is 26.0 Å². The molecule has 9 heteroatoms. The van der Waals surface area contributed by atoms with E-state index in [1.807, 2.05) is 6.92 Å². The topological polar surface area (TPSA) is 146 Å². The molecule has 5 N–H and O–H groups in total. The molecule has 0 aromatic rings. The highest BCUT2D eigenvalue weighted by atomic mass is 16.7. The van der Waals surface area contributed by atoms with Crippen LogP contribution in [0.4, 0.5) is 0 Å². The van der Waals surface area contributed by atoms with E-state index >= 15 is 0 Å². The molecule has 1 saturated carbocycles. The van der Waals surface area contributed by atoms with Crippen molar-refractivity contribution >= 4 is 5.78 Å². The van der Waals surface area contributed by atoms with Gasteiger partial charge in [0.2, 0.25) is 0 Å². The summed E-state index contributed by atoms with van der Waals surface area (Å²) >= 11 is 0. The first-order valence-electron chi connectivity index (χ1n) is 9.50. The number of aliphatic hydroxyl groups is 5. The van der Waals surface area contributed by atoms with E-state index in [4.69, 9.17) is 14.2 Å². The highest BCUT2D eigenvalue weighted by Crippen LogP contribution is 2.56. The van der Waals surface area contributed by atoms with Crippen molar-refractivity contribution in [2.75, 3.05) is 13.2 Å². The maximum Gasteiger partial charge on any atom is 0.187 e. The van der Waals surface area contributed by atoms with Gasteiger partial charge in [-0.05, 0) is 13.8 Å². The zero-order chi connectivity index (χ0) is 20.9. The molecule has 0 spiro atoms. The molecule has 2 bridgehead atoms. The summed E-state index contributed by atoms with van der Waals surface area (Å²) in [5.41, 5.74) is -3.16. The van der Waals surface area contributed by atoms with E-state index < -0.39 is 60.0 Å². The third kappa shape index (κ3) is 3.33. The summed E-state index contributed by atoms with van der Waals surface area (Å²) in [5.74, 6) is 0.0474. The largest absolute Gasteiger partial charge is 0.394 e. The number of rotatable bonds is 5. The Hall–Kier alpha value is -0.910. The van der Waals surface area contributed by atoms with E-state index in [2.05, 4.69) is 0 Å². The van der Waals surface area contributed by atoms with Gasteiger partial charge in [0.05, 0.1) is 19.3 Å². The molecule has 0 aromatic heterocycles. The molecule has 3 aliphatic rings. The van der Waals surface area contributed by atoms with Gasteiger partial charge in [0.1, 0.15) is 41.4 Å². The highest BCUT2D eigenvalue weighted by molar-refractivity contribution is 5.83. The summed E-state index contributed by atoms with van der Waals surface area (Å²) in [6.45, 7) is 4.89. The Balaban J connectivity index is 1.72. The average molecular weight is 402 g/mol. The first kappa shape index (κ1) is 21.8. The second-order valence-corrected chi connectivity index (χ2v) is 8.64. The van der Waals surface area contributed by atoms with Crippen molar-refractivity contribution in [2.45, 2.75) is 81.6 Å². The minimum atomic E-state index is -1.53. The lowest BCUT2D eigenvalue weighted by Gasteiger charge is -2.47. The van der Waals surface area contributed by atoms with Crippen LogP contribution in [-0.2, 0) is 19.0 Å². The van der Waals surface area contributed by atoms with Gasteiger partial charge < -0.3 is 39.7 Å². The molecule has 28 heavy (non-hydrogen) atoms. The molecular weight excluding hydrogens is 372 g/mol. The highest BCUT2D eigenvalue weighted by Gasteiger charge is 2.67. The first-order chi connectivity index (χ1) is 13.0. The van der Waals surface area contributed by atoms with Crippen LogP contribution in [0.25, 0.3) is 0 Å². The lowest BCUT2D eigenvalue weighted by Crippen LogP contribution is -2.60. The van der Waals surface area contributed by atoms with Gasteiger partial charge in [0.15, 0.2) is 6.29 Å². The van der Waals surface area contributed by atoms with Gasteiger partial charge in [-0.15, -0.1) is 0 Å². The van der Waals surface area contributed by atoms with Crippen molar-refractivity contribution in [3.63, 3.8) is 0 Å². The van der Waals surface area contributed by atoms with Crippen LogP contribution in [0.5, 0.6) is 0 Å². The van der Waals surface area contributed by atoms with Gasteiger partial charge in [-0.25, -0.2) is 0 Å². The molecule has 2 saturated heterocycles. The Morgan fingerprint density at radius 1 is 1.21 bits per heavy atom. The number of ether oxygens (including phenoxy) is 3. The molecule has 0 unspecified atom stereocenters. The average Bonchev–Trinajstić information content (AvgIpc) is 2.73. The molecule has 9 nitrogen and oxygen atoms in total. The zero-order valence-corrected chi connectivity index (χ0v) is 16.3. The van der Waals surface area contributed by atoms with Crippen molar-refractivity contribution in [2.24, 2.45) is 5.41 Å². The SMILES string of the molecule is C[C@@H](/C=C/[C@]1(O)[C@@]2(C)CO[C@]1(C)CC(=O)C2)O[C@@H]1O[C@H](CO)[C@@H](O)[C@H](O)[C@H]1O. The Morgan fingerprint density at radius 2 is 1.89 bits per heavy atom. The van der Waals surface area contributed by atoms with Gasteiger partial charge in [0.25, 0.3) is 0 Å². The maximum absolute atomic E-state index is 12.0. The van der Waals surface area contributed by atoms with Crippen LogP contribution in [0, 0.1) is 5.41 Å². The van der Waals surface area contributed by atoms with E-state index in [0.717, 1.165) is 0 Å². The second kappa shape index (κ2) is 7.41. The van der Waals surface area contributed by atoms with Crippen molar-refractivity contribution in [1.82, 2.24) is 0 Å². The number of aliphatic hydroxyl groups excluding tert-OH is 4. The monoisotopic (exact) mass is 402 g/mol. The van der Waals surface area contributed by atoms with Crippen molar-refractivity contribution in [1.29, 1.82) is 0 Å². The lowest BCUT2D eigenvalue weighted by atomic mass is 9.59. The summed E-state index contributed by atoms with van der Waals surface area (Å²) in [6, 6.07) is 0. The van der Waals surface area contributed by atoms with E-state index in [9.17, 15) is 30.3 Å². The summed E-state index contributed by atoms with van der Waals surface area (Å²) in [5, 5.41) is 50.4. The van der Waals surface area contributed by atoms with Gasteiger partial charge in [0, 0.05) is 18.3 Å². The molecule has 9 atom stereocenters. The van der Waals surface area contributed by atoms with Crippen molar-refractivity contribution < 1.29 is 44.5 Å². The minimum Gasteiger partial charge on any atom is -0.394 e. The Kier molecular flexibility index (Phi) is 5.76. The quantitative estimate of drug-likeness (QED) is 0.352.